The standard InChI is InChI=1S/C19H13Br2N3/c20-14-4-8-16(9-5-14)22-12-18-2-1-3-19(24-18)13-23-17-10-6-15(21)7-11-17/h1-13H. The molecule has 0 fully saturated rings. The van der Waals surface area contributed by atoms with Gasteiger partial charge in [0.15, 0.2) is 0 Å². The molecule has 0 atom stereocenters. The van der Waals surface area contributed by atoms with Crippen LogP contribution in [0.2, 0.25) is 0 Å². The summed E-state index contributed by atoms with van der Waals surface area (Å²) in [7, 11) is 0. The number of rotatable bonds is 4. The Balaban J connectivity index is 1.74. The topological polar surface area (TPSA) is 37.6 Å². The van der Waals surface area contributed by atoms with Crippen molar-refractivity contribution in [1.82, 2.24) is 4.98 Å². The van der Waals surface area contributed by atoms with Crippen molar-refractivity contribution in [1.29, 1.82) is 0 Å². The third-order valence-electron chi connectivity index (χ3n) is 3.14. The van der Waals surface area contributed by atoms with E-state index in [2.05, 4.69) is 46.8 Å². The second kappa shape index (κ2) is 8.13. The van der Waals surface area contributed by atoms with E-state index in [4.69, 9.17) is 0 Å². The van der Waals surface area contributed by atoms with Gasteiger partial charge < -0.3 is 0 Å². The Kier molecular flexibility index (Phi) is 5.67. The molecule has 0 spiro atoms. The Bertz CT molecular complexity index is 799. The van der Waals surface area contributed by atoms with E-state index in [0.29, 0.717) is 0 Å². The molecule has 0 saturated carbocycles. The average molecular weight is 443 g/mol. The van der Waals surface area contributed by atoms with E-state index >= 15 is 0 Å². The SMILES string of the molecule is Brc1ccc(N=Cc2cccc(C=Nc3ccc(Br)cc3)n2)cc1. The molecule has 3 aromatic rings. The van der Waals surface area contributed by atoms with Crippen molar-refractivity contribution in [2.24, 2.45) is 9.98 Å². The first-order valence-electron chi connectivity index (χ1n) is 7.25. The summed E-state index contributed by atoms with van der Waals surface area (Å²) in [6, 6.07) is 21.4. The van der Waals surface area contributed by atoms with E-state index in [1.165, 1.54) is 0 Å². The van der Waals surface area contributed by atoms with Crippen molar-refractivity contribution < 1.29 is 0 Å². The van der Waals surface area contributed by atoms with E-state index in [1.807, 2.05) is 66.7 Å². The molecule has 5 heteroatoms. The predicted molar refractivity (Wildman–Crippen MR) is 107 cm³/mol. The maximum absolute atomic E-state index is 4.52. The van der Waals surface area contributed by atoms with Crippen LogP contribution >= 0.6 is 31.9 Å². The van der Waals surface area contributed by atoms with Gasteiger partial charge >= 0.3 is 0 Å². The molecular weight excluding hydrogens is 430 g/mol. The Labute approximate surface area is 157 Å². The lowest BCUT2D eigenvalue weighted by Gasteiger charge is -1.97. The lowest BCUT2D eigenvalue weighted by Crippen LogP contribution is -1.92. The van der Waals surface area contributed by atoms with Crippen LogP contribution in [-0.2, 0) is 0 Å². The molecule has 0 radical (unpaired) electrons. The minimum absolute atomic E-state index is 0.790. The summed E-state index contributed by atoms with van der Waals surface area (Å²) < 4.78 is 2.07. The van der Waals surface area contributed by atoms with Gasteiger partial charge in [-0.3, -0.25) is 9.98 Å². The van der Waals surface area contributed by atoms with Crippen LogP contribution in [-0.4, -0.2) is 17.4 Å². The van der Waals surface area contributed by atoms with Crippen LogP contribution in [0, 0.1) is 0 Å². The molecule has 3 rings (SSSR count). The molecule has 1 aromatic heterocycles. The fourth-order valence-corrected chi connectivity index (χ4v) is 2.48. The monoisotopic (exact) mass is 441 g/mol. The summed E-state index contributed by atoms with van der Waals surface area (Å²) in [6.45, 7) is 0. The first-order valence-corrected chi connectivity index (χ1v) is 8.84. The van der Waals surface area contributed by atoms with Gasteiger partial charge in [-0.25, -0.2) is 4.98 Å². The van der Waals surface area contributed by atoms with Crippen LogP contribution in [0.4, 0.5) is 11.4 Å². The van der Waals surface area contributed by atoms with Crippen LogP contribution in [0.25, 0.3) is 0 Å². The van der Waals surface area contributed by atoms with Crippen molar-refractivity contribution in [2.75, 3.05) is 0 Å². The first kappa shape index (κ1) is 16.7. The molecule has 0 unspecified atom stereocenters. The summed E-state index contributed by atoms with van der Waals surface area (Å²) in [5.41, 5.74) is 3.35. The van der Waals surface area contributed by atoms with Crippen molar-refractivity contribution in [2.45, 2.75) is 0 Å². The maximum Gasteiger partial charge on any atom is 0.0820 e. The quantitative estimate of drug-likeness (QED) is 0.449. The fraction of sp³-hybridized carbons (Fsp3) is 0. The number of pyridine rings is 1. The largest absolute Gasteiger partial charge is 0.255 e. The number of halogens is 2. The van der Waals surface area contributed by atoms with Gasteiger partial charge in [-0.1, -0.05) is 37.9 Å². The molecule has 0 bridgehead atoms. The lowest BCUT2D eigenvalue weighted by molar-refractivity contribution is 1.27. The smallest absolute Gasteiger partial charge is 0.0820 e. The summed E-state index contributed by atoms with van der Waals surface area (Å²) in [6.07, 6.45) is 3.50. The summed E-state index contributed by atoms with van der Waals surface area (Å²) >= 11 is 6.82. The normalized spacial score (nSPS) is 11.4. The van der Waals surface area contributed by atoms with Crippen LogP contribution in [0.3, 0.4) is 0 Å². The molecule has 0 saturated heterocycles. The minimum atomic E-state index is 0.790. The molecule has 1 heterocycles. The summed E-state index contributed by atoms with van der Waals surface area (Å²) in [5.74, 6) is 0. The summed E-state index contributed by atoms with van der Waals surface area (Å²) in [4.78, 5) is 13.4. The Hall–Kier alpha value is -2.11. The zero-order valence-electron chi connectivity index (χ0n) is 12.6. The molecule has 3 nitrogen and oxygen atoms in total. The van der Waals surface area contributed by atoms with E-state index in [-0.39, 0.29) is 0 Å². The Morgan fingerprint density at radius 1 is 0.625 bits per heavy atom. The first-order chi connectivity index (χ1) is 11.7. The molecule has 0 aliphatic heterocycles. The highest BCUT2D eigenvalue weighted by molar-refractivity contribution is 9.10. The molecule has 118 valence electrons. The second-order valence-electron chi connectivity index (χ2n) is 4.96. The lowest BCUT2D eigenvalue weighted by atomic mass is 10.3. The molecule has 24 heavy (non-hydrogen) atoms. The van der Waals surface area contributed by atoms with E-state index in [0.717, 1.165) is 31.7 Å². The highest BCUT2D eigenvalue weighted by Crippen LogP contribution is 2.17. The molecule has 0 aliphatic rings. The predicted octanol–water partition coefficient (Wildman–Crippen LogP) is 6.11. The average Bonchev–Trinajstić information content (AvgIpc) is 2.61. The van der Waals surface area contributed by atoms with Gasteiger partial charge in [0.05, 0.1) is 35.2 Å². The van der Waals surface area contributed by atoms with Crippen LogP contribution in [0.15, 0.2) is 85.7 Å². The minimum Gasteiger partial charge on any atom is -0.255 e. The number of hydrogen-bond acceptors (Lipinski definition) is 3. The van der Waals surface area contributed by atoms with Gasteiger partial charge in [-0.05, 0) is 60.7 Å². The Morgan fingerprint density at radius 2 is 1.04 bits per heavy atom. The summed E-state index contributed by atoms with van der Waals surface area (Å²) in [5, 5.41) is 0. The second-order valence-corrected chi connectivity index (χ2v) is 6.79. The fourth-order valence-electron chi connectivity index (χ4n) is 1.95. The highest BCUT2D eigenvalue weighted by Gasteiger charge is 1.95. The molecule has 0 amide bonds. The molecule has 0 N–H and O–H groups in total. The van der Waals surface area contributed by atoms with E-state index < -0.39 is 0 Å². The third kappa shape index (κ3) is 4.94. The van der Waals surface area contributed by atoms with Crippen molar-refractivity contribution in [3.63, 3.8) is 0 Å². The van der Waals surface area contributed by atoms with Gasteiger partial charge in [0.1, 0.15) is 0 Å². The molecule has 0 aliphatic carbocycles. The van der Waals surface area contributed by atoms with Gasteiger partial charge in [0, 0.05) is 8.95 Å². The van der Waals surface area contributed by atoms with Crippen LogP contribution < -0.4 is 0 Å². The van der Waals surface area contributed by atoms with E-state index in [1.54, 1.807) is 12.4 Å². The zero-order valence-corrected chi connectivity index (χ0v) is 15.8. The van der Waals surface area contributed by atoms with Crippen molar-refractivity contribution in [3.05, 3.63) is 87.1 Å². The number of aliphatic imine (C=N–C) groups is 2. The van der Waals surface area contributed by atoms with Crippen LogP contribution in [0.5, 0.6) is 0 Å². The van der Waals surface area contributed by atoms with Crippen LogP contribution in [0.1, 0.15) is 11.4 Å². The van der Waals surface area contributed by atoms with Gasteiger partial charge in [0.2, 0.25) is 0 Å². The van der Waals surface area contributed by atoms with E-state index in [9.17, 15) is 0 Å². The van der Waals surface area contributed by atoms with Gasteiger partial charge in [-0.2, -0.15) is 0 Å². The van der Waals surface area contributed by atoms with Gasteiger partial charge in [0.25, 0.3) is 0 Å². The Morgan fingerprint density at radius 3 is 1.46 bits per heavy atom. The highest BCUT2D eigenvalue weighted by atomic mass is 79.9. The number of benzene rings is 2. The molecular formula is C19H13Br2N3. The maximum atomic E-state index is 4.52. The van der Waals surface area contributed by atoms with Crippen molar-refractivity contribution >= 4 is 55.7 Å². The van der Waals surface area contributed by atoms with Crippen molar-refractivity contribution in [3.8, 4) is 0 Å². The number of nitrogens with zero attached hydrogens (tertiary/aromatic N) is 3. The van der Waals surface area contributed by atoms with Gasteiger partial charge in [-0.15, -0.1) is 0 Å². The zero-order chi connectivity index (χ0) is 16.8. The third-order valence-corrected chi connectivity index (χ3v) is 4.19. The number of hydrogen-bond donors (Lipinski definition) is 0. The number of aromatic nitrogens is 1. The molecule has 2 aromatic carbocycles.